The SMILES string of the molecule is Cc1ccc(-c2nc3c(c(=O)[nH]2)CCN(Cc2ccccc2O)C3)cc1. The molecule has 1 aliphatic rings. The maximum absolute atomic E-state index is 12.5. The lowest BCUT2D eigenvalue weighted by Gasteiger charge is -2.28. The zero-order chi connectivity index (χ0) is 18.1. The molecule has 0 radical (unpaired) electrons. The molecule has 5 heteroatoms. The van der Waals surface area contributed by atoms with Gasteiger partial charge in [0, 0.05) is 36.3 Å². The molecular weight excluding hydrogens is 326 g/mol. The first kappa shape index (κ1) is 16.5. The highest BCUT2D eigenvalue weighted by molar-refractivity contribution is 5.55. The van der Waals surface area contributed by atoms with Gasteiger partial charge >= 0.3 is 0 Å². The molecular formula is C21H21N3O2. The number of aryl methyl sites for hydroxylation is 1. The van der Waals surface area contributed by atoms with E-state index in [0.717, 1.165) is 28.9 Å². The Morgan fingerprint density at radius 2 is 1.92 bits per heavy atom. The van der Waals surface area contributed by atoms with Crippen LogP contribution in [0.5, 0.6) is 5.75 Å². The van der Waals surface area contributed by atoms with E-state index >= 15 is 0 Å². The lowest BCUT2D eigenvalue weighted by Crippen LogP contribution is -2.35. The van der Waals surface area contributed by atoms with Gasteiger partial charge in [0.15, 0.2) is 0 Å². The third kappa shape index (κ3) is 3.26. The number of aromatic nitrogens is 2. The Balaban J connectivity index is 1.62. The third-order valence-corrected chi connectivity index (χ3v) is 4.86. The Kier molecular flexibility index (Phi) is 4.31. The second kappa shape index (κ2) is 6.77. The van der Waals surface area contributed by atoms with Crippen molar-refractivity contribution < 1.29 is 5.11 Å². The van der Waals surface area contributed by atoms with Crippen molar-refractivity contribution in [1.29, 1.82) is 0 Å². The molecule has 1 aromatic heterocycles. The number of aromatic amines is 1. The molecule has 0 saturated carbocycles. The first-order valence-electron chi connectivity index (χ1n) is 8.78. The fourth-order valence-electron chi connectivity index (χ4n) is 3.36. The topological polar surface area (TPSA) is 69.2 Å². The Bertz CT molecular complexity index is 993. The van der Waals surface area contributed by atoms with E-state index in [-0.39, 0.29) is 5.56 Å². The Morgan fingerprint density at radius 3 is 2.69 bits per heavy atom. The zero-order valence-corrected chi connectivity index (χ0v) is 14.7. The molecule has 0 atom stereocenters. The number of nitrogens with one attached hydrogen (secondary N) is 1. The smallest absolute Gasteiger partial charge is 0.254 e. The quantitative estimate of drug-likeness (QED) is 0.764. The molecule has 0 aliphatic carbocycles. The van der Waals surface area contributed by atoms with Gasteiger partial charge in [-0.3, -0.25) is 9.69 Å². The van der Waals surface area contributed by atoms with Gasteiger partial charge in [-0.15, -0.1) is 0 Å². The van der Waals surface area contributed by atoms with Gasteiger partial charge in [-0.05, 0) is 19.4 Å². The van der Waals surface area contributed by atoms with Gasteiger partial charge < -0.3 is 10.1 Å². The van der Waals surface area contributed by atoms with Crippen LogP contribution in [-0.4, -0.2) is 26.5 Å². The molecule has 3 aromatic rings. The van der Waals surface area contributed by atoms with E-state index in [4.69, 9.17) is 4.98 Å². The number of hydrogen-bond acceptors (Lipinski definition) is 4. The maximum Gasteiger partial charge on any atom is 0.254 e. The predicted molar refractivity (Wildman–Crippen MR) is 101 cm³/mol. The van der Waals surface area contributed by atoms with Crippen molar-refractivity contribution in [2.24, 2.45) is 0 Å². The molecule has 26 heavy (non-hydrogen) atoms. The van der Waals surface area contributed by atoms with Crippen LogP contribution in [0.15, 0.2) is 53.3 Å². The van der Waals surface area contributed by atoms with E-state index in [9.17, 15) is 9.90 Å². The van der Waals surface area contributed by atoms with Gasteiger partial charge in [0.25, 0.3) is 5.56 Å². The summed E-state index contributed by atoms with van der Waals surface area (Å²) < 4.78 is 0. The van der Waals surface area contributed by atoms with E-state index in [2.05, 4.69) is 9.88 Å². The minimum absolute atomic E-state index is 0.0483. The summed E-state index contributed by atoms with van der Waals surface area (Å²) in [4.78, 5) is 22.3. The van der Waals surface area contributed by atoms with Crippen molar-refractivity contribution in [1.82, 2.24) is 14.9 Å². The van der Waals surface area contributed by atoms with Gasteiger partial charge in [-0.2, -0.15) is 0 Å². The highest BCUT2D eigenvalue weighted by Crippen LogP contribution is 2.23. The molecule has 0 unspecified atom stereocenters. The summed E-state index contributed by atoms with van der Waals surface area (Å²) in [5.74, 6) is 0.913. The fraction of sp³-hybridized carbons (Fsp3) is 0.238. The van der Waals surface area contributed by atoms with Crippen molar-refractivity contribution in [2.75, 3.05) is 6.54 Å². The van der Waals surface area contributed by atoms with Crippen LogP contribution >= 0.6 is 0 Å². The van der Waals surface area contributed by atoms with E-state index in [1.807, 2.05) is 49.4 Å². The summed E-state index contributed by atoms with van der Waals surface area (Å²) in [5, 5.41) is 10.00. The van der Waals surface area contributed by atoms with E-state index in [1.54, 1.807) is 6.07 Å². The van der Waals surface area contributed by atoms with Crippen LogP contribution in [-0.2, 0) is 19.5 Å². The van der Waals surface area contributed by atoms with Crippen molar-refractivity contribution >= 4 is 0 Å². The van der Waals surface area contributed by atoms with E-state index < -0.39 is 0 Å². The molecule has 0 amide bonds. The molecule has 132 valence electrons. The van der Waals surface area contributed by atoms with Gasteiger partial charge in [0.1, 0.15) is 11.6 Å². The maximum atomic E-state index is 12.5. The summed E-state index contributed by atoms with van der Waals surface area (Å²) in [7, 11) is 0. The van der Waals surface area contributed by atoms with Crippen LogP contribution < -0.4 is 5.56 Å². The molecule has 2 heterocycles. The summed E-state index contributed by atoms with van der Waals surface area (Å²) in [6, 6.07) is 15.3. The molecule has 0 bridgehead atoms. The monoisotopic (exact) mass is 347 g/mol. The lowest BCUT2D eigenvalue weighted by molar-refractivity contribution is 0.237. The van der Waals surface area contributed by atoms with Gasteiger partial charge in [-0.1, -0.05) is 48.0 Å². The van der Waals surface area contributed by atoms with Crippen molar-refractivity contribution in [3.63, 3.8) is 0 Å². The summed E-state index contributed by atoms with van der Waals surface area (Å²) in [5.41, 5.74) is 4.52. The highest BCUT2D eigenvalue weighted by Gasteiger charge is 2.22. The minimum Gasteiger partial charge on any atom is -0.508 e. The van der Waals surface area contributed by atoms with Gasteiger partial charge in [-0.25, -0.2) is 4.98 Å². The van der Waals surface area contributed by atoms with E-state index in [1.165, 1.54) is 5.56 Å². The van der Waals surface area contributed by atoms with Crippen LogP contribution in [0.1, 0.15) is 22.4 Å². The van der Waals surface area contributed by atoms with E-state index in [0.29, 0.717) is 31.1 Å². The molecule has 2 N–H and O–H groups in total. The number of benzene rings is 2. The Morgan fingerprint density at radius 1 is 1.15 bits per heavy atom. The molecule has 4 rings (SSSR count). The number of phenols is 1. The zero-order valence-electron chi connectivity index (χ0n) is 14.7. The van der Waals surface area contributed by atoms with Gasteiger partial charge in [0.2, 0.25) is 0 Å². The van der Waals surface area contributed by atoms with Crippen molar-refractivity contribution in [2.45, 2.75) is 26.4 Å². The Hall–Kier alpha value is -2.92. The van der Waals surface area contributed by atoms with Gasteiger partial charge in [0.05, 0.1) is 5.69 Å². The van der Waals surface area contributed by atoms with Crippen LogP contribution in [0, 0.1) is 6.92 Å². The molecule has 0 spiro atoms. The molecule has 0 saturated heterocycles. The number of nitrogens with zero attached hydrogens (tertiary/aromatic N) is 2. The number of phenolic OH excluding ortho intramolecular Hbond substituents is 1. The molecule has 1 aliphatic heterocycles. The fourth-order valence-corrected chi connectivity index (χ4v) is 3.36. The number of aromatic hydroxyl groups is 1. The lowest BCUT2D eigenvalue weighted by atomic mass is 10.0. The number of rotatable bonds is 3. The summed E-state index contributed by atoms with van der Waals surface area (Å²) in [6.07, 6.45) is 0.666. The first-order chi connectivity index (χ1) is 12.6. The molecule has 0 fully saturated rings. The summed E-state index contributed by atoms with van der Waals surface area (Å²) >= 11 is 0. The number of para-hydroxylation sites is 1. The average Bonchev–Trinajstić information content (AvgIpc) is 2.64. The highest BCUT2D eigenvalue weighted by atomic mass is 16.3. The van der Waals surface area contributed by atoms with Crippen LogP contribution in [0.3, 0.4) is 0 Å². The number of fused-ring (bicyclic) bond motifs is 1. The number of H-pyrrole nitrogens is 1. The number of hydrogen-bond donors (Lipinski definition) is 2. The van der Waals surface area contributed by atoms with Crippen LogP contribution in [0.2, 0.25) is 0 Å². The average molecular weight is 347 g/mol. The predicted octanol–water partition coefficient (Wildman–Crippen LogP) is 3.01. The third-order valence-electron chi connectivity index (χ3n) is 4.86. The van der Waals surface area contributed by atoms with Crippen LogP contribution in [0.25, 0.3) is 11.4 Å². The van der Waals surface area contributed by atoms with Crippen LogP contribution in [0.4, 0.5) is 0 Å². The first-order valence-corrected chi connectivity index (χ1v) is 8.78. The molecule has 5 nitrogen and oxygen atoms in total. The second-order valence-corrected chi connectivity index (χ2v) is 6.80. The standard InChI is InChI=1S/C21H21N3O2/c1-14-6-8-15(9-7-14)20-22-18-13-24(11-10-17(18)21(26)23-20)12-16-4-2-3-5-19(16)25/h2-9,25H,10-13H2,1H3,(H,22,23,26). The molecule has 2 aromatic carbocycles. The normalized spacial score (nSPS) is 14.2. The van der Waals surface area contributed by atoms with Crippen molar-refractivity contribution in [3.8, 4) is 17.1 Å². The summed E-state index contributed by atoms with van der Waals surface area (Å²) in [6.45, 7) is 4.05. The Labute approximate surface area is 152 Å². The minimum atomic E-state index is -0.0483. The second-order valence-electron chi connectivity index (χ2n) is 6.80. The largest absolute Gasteiger partial charge is 0.508 e. The van der Waals surface area contributed by atoms with Crippen molar-refractivity contribution in [3.05, 3.63) is 81.3 Å².